The molecule has 1 fully saturated rings. The SMILES string of the molecule is COC(=O)c1cc(F)cc(C2(C)CC2C)c1. The van der Waals surface area contributed by atoms with Gasteiger partial charge in [-0.05, 0) is 41.5 Å². The van der Waals surface area contributed by atoms with Crippen LogP contribution in [0, 0.1) is 11.7 Å². The molecular formula is C13H15FO2. The quantitative estimate of drug-likeness (QED) is 0.719. The summed E-state index contributed by atoms with van der Waals surface area (Å²) in [5, 5.41) is 0. The second-order valence-corrected chi connectivity index (χ2v) is 4.74. The van der Waals surface area contributed by atoms with E-state index in [4.69, 9.17) is 0 Å². The third kappa shape index (κ3) is 1.70. The van der Waals surface area contributed by atoms with E-state index in [0.29, 0.717) is 5.92 Å². The predicted octanol–water partition coefficient (Wildman–Crippen LogP) is 2.91. The first-order valence-electron chi connectivity index (χ1n) is 5.37. The summed E-state index contributed by atoms with van der Waals surface area (Å²) in [5.41, 5.74) is 1.20. The van der Waals surface area contributed by atoms with E-state index < -0.39 is 5.97 Å². The van der Waals surface area contributed by atoms with Crippen molar-refractivity contribution in [1.29, 1.82) is 0 Å². The van der Waals surface area contributed by atoms with E-state index in [1.54, 1.807) is 6.07 Å². The smallest absolute Gasteiger partial charge is 0.337 e. The lowest BCUT2D eigenvalue weighted by atomic mass is 9.94. The normalized spacial score (nSPS) is 27.6. The Morgan fingerprint density at radius 2 is 2.12 bits per heavy atom. The van der Waals surface area contributed by atoms with Crippen molar-refractivity contribution in [2.75, 3.05) is 7.11 Å². The molecule has 0 aliphatic heterocycles. The number of hydrogen-bond donors (Lipinski definition) is 0. The molecule has 2 unspecified atom stereocenters. The second kappa shape index (κ2) is 3.58. The van der Waals surface area contributed by atoms with Crippen molar-refractivity contribution in [1.82, 2.24) is 0 Å². The van der Waals surface area contributed by atoms with Gasteiger partial charge in [-0.3, -0.25) is 0 Å². The zero-order chi connectivity index (χ0) is 11.9. The van der Waals surface area contributed by atoms with E-state index in [2.05, 4.69) is 18.6 Å². The maximum absolute atomic E-state index is 13.4. The van der Waals surface area contributed by atoms with E-state index in [-0.39, 0.29) is 16.8 Å². The highest BCUT2D eigenvalue weighted by Crippen LogP contribution is 2.53. The molecule has 1 aromatic rings. The summed E-state index contributed by atoms with van der Waals surface area (Å²) in [6.45, 7) is 4.22. The monoisotopic (exact) mass is 222 g/mol. The summed E-state index contributed by atoms with van der Waals surface area (Å²) >= 11 is 0. The number of carbonyl (C=O) groups is 1. The number of halogens is 1. The fourth-order valence-electron chi connectivity index (χ4n) is 2.13. The van der Waals surface area contributed by atoms with Crippen molar-refractivity contribution < 1.29 is 13.9 Å². The zero-order valence-corrected chi connectivity index (χ0v) is 9.71. The van der Waals surface area contributed by atoms with Gasteiger partial charge in [0.05, 0.1) is 12.7 Å². The van der Waals surface area contributed by atoms with Gasteiger partial charge in [-0.1, -0.05) is 13.8 Å². The molecule has 2 atom stereocenters. The van der Waals surface area contributed by atoms with Crippen LogP contribution in [0.15, 0.2) is 18.2 Å². The number of methoxy groups -OCH3 is 1. The van der Waals surface area contributed by atoms with Crippen molar-refractivity contribution in [3.05, 3.63) is 35.1 Å². The first-order chi connectivity index (χ1) is 7.47. The minimum Gasteiger partial charge on any atom is -0.465 e. The molecule has 1 aliphatic carbocycles. The van der Waals surface area contributed by atoms with Crippen molar-refractivity contribution in [2.24, 2.45) is 5.92 Å². The highest BCUT2D eigenvalue weighted by atomic mass is 19.1. The first kappa shape index (κ1) is 11.1. The van der Waals surface area contributed by atoms with Crippen molar-refractivity contribution in [3.63, 3.8) is 0 Å². The molecule has 86 valence electrons. The summed E-state index contributed by atoms with van der Waals surface area (Å²) in [6.07, 6.45) is 1.04. The maximum Gasteiger partial charge on any atom is 0.337 e. The van der Waals surface area contributed by atoms with Crippen LogP contribution >= 0.6 is 0 Å². The van der Waals surface area contributed by atoms with Gasteiger partial charge in [0.25, 0.3) is 0 Å². The highest BCUT2D eigenvalue weighted by Gasteiger charge is 2.48. The molecule has 16 heavy (non-hydrogen) atoms. The van der Waals surface area contributed by atoms with Crippen LogP contribution in [0.2, 0.25) is 0 Å². The Kier molecular flexibility index (Phi) is 2.49. The Bertz CT molecular complexity index is 442. The Hall–Kier alpha value is -1.38. The van der Waals surface area contributed by atoms with Crippen LogP contribution in [-0.2, 0) is 10.2 Å². The lowest BCUT2D eigenvalue weighted by Crippen LogP contribution is -2.08. The average Bonchev–Trinajstić information content (AvgIpc) is 2.86. The van der Waals surface area contributed by atoms with E-state index in [9.17, 15) is 9.18 Å². The Balaban J connectivity index is 2.41. The van der Waals surface area contributed by atoms with Crippen LogP contribution in [0.5, 0.6) is 0 Å². The topological polar surface area (TPSA) is 26.3 Å². The van der Waals surface area contributed by atoms with E-state index in [0.717, 1.165) is 12.0 Å². The van der Waals surface area contributed by atoms with Crippen LogP contribution in [0.4, 0.5) is 4.39 Å². The molecule has 0 heterocycles. The molecule has 2 rings (SSSR count). The number of benzene rings is 1. The summed E-state index contributed by atoms with van der Waals surface area (Å²) in [7, 11) is 1.30. The molecule has 3 heteroatoms. The molecule has 2 nitrogen and oxygen atoms in total. The molecule has 1 saturated carbocycles. The van der Waals surface area contributed by atoms with Crippen LogP contribution in [0.25, 0.3) is 0 Å². The third-order valence-corrected chi connectivity index (χ3v) is 3.64. The van der Waals surface area contributed by atoms with E-state index >= 15 is 0 Å². The van der Waals surface area contributed by atoms with Crippen LogP contribution in [0.1, 0.15) is 36.2 Å². The summed E-state index contributed by atoms with van der Waals surface area (Å²) in [6, 6.07) is 4.46. The molecule has 1 aromatic carbocycles. The average molecular weight is 222 g/mol. The third-order valence-electron chi connectivity index (χ3n) is 3.64. The standard InChI is InChI=1S/C13H15FO2/c1-8-7-13(8,2)10-4-9(12(15)16-3)5-11(14)6-10/h4-6,8H,7H2,1-3H3. The van der Waals surface area contributed by atoms with Gasteiger partial charge in [0, 0.05) is 0 Å². The second-order valence-electron chi connectivity index (χ2n) is 4.74. The van der Waals surface area contributed by atoms with Gasteiger partial charge in [0.2, 0.25) is 0 Å². The van der Waals surface area contributed by atoms with Crippen molar-refractivity contribution in [3.8, 4) is 0 Å². The van der Waals surface area contributed by atoms with Gasteiger partial charge in [-0.15, -0.1) is 0 Å². The van der Waals surface area contributed by atoms with Gasteiger partial charge in [0.15, 0.2) is 0 Å². The molecule has 0 spiro atoms. The fourth-order valence-corrected chi connectivity index (χ4v) is 2.13. The Morgan fingerprint density at radius 1 is 1.50 bits per heavy atom. The largest absolute Gasteiger partial charge is 0.465 e. The number of esters is 1. The minimum atomic E-state index is -0.488. The summed E-state index contributed by atoms with van der Waals surface area (Å²) in [4.78, 5) is 11.4. The number of ether oxygens (including phenoxy) is 1. The van der Waals surface area contributed by atoms with Gasteiger partial charge < -0.3 is 4.74 Å². The van der Waals surface area contributed by atoms with E-state index in [1.807, 2.05) is 0 Å². The van der Waals surface area contributed by atoms with Gasteiger partial charge in [0.1, 0.15) is 5.82 Å². The maximum atomic E-state index is 13.4. The number of carbonyl (C=O) groups excluding carboxylic acids is 1. The predicted molar refractivity (Wildman–Crippen MR) is 58.9 cm³/mol. The number of rotatable bonds is 2. The van der Waals surface area contributed by atoms with Crippen LogP contribution in [0.3, 0.4) is 0 Å². The Morgan fingerprint density at radius 3 is 2.62 bits per heavy atom. The first-order valence-corrected chi connectivity index (χ1v) is 5.37. The van der Waals surface area contributed by atoms with Crippen LogP contribution in [-0.4, -0.2) is 13.1 Å². The molecular weight excluding hydrogens is 207 g/mol. The Labute approximate surface area is 94.4 Å². The minimum absolute atomic E-state index is 0.0187. The molecule has 0 amide bonds. The fraction of sp³-hybridized carbons (Fsp3) is 0.462. The number of hydrogen-bond acceptors (Lipinski definition) is 2. The van der Waals surface area contributed by atoms with Gasteiger partial charge in [-0.25, -0.2) is 9.18 Å². The van der Waals surface area contributed by atoms with Crippen molar-refractivity contribution >= 4 is 5.97 Å². The van der Waals surface area contributed by atoms with Crippen LogP contribution < -0.4 is 0 Å². The molecule has 0 bridgehead atoms. The molecule has 0 saturated heterocycles. The molecule has 1 aliphatic rings. The van der Waals surface area contributed by atoms with Gasteiger partial charge in [-0.2, -0.15) is 0 Å². The lowest BCUT2D eigenvalue weighted by Gasteiger charge is -2.12. The summed E-state index contributed by atoms with van der Waals surface area (Å²) in [5.74, 6) is -0.323. The zero-order valence-electron chi connectivity index (χ0n) is 9.71. The lowest BCUT2D eigenvalue weighted by molar-refractivity contribution is 0.0600. The van der Waals surface area contributed by atoms with Gasteiger partial charge >= 0.3 is 5.97 Å². The molecule has 0 radical (unpaired) electrons. The molecule has 0 N–H and O–H groups in total. The molecule has 0 aromatic heterocycles. The highest BCUT2D eigenvalue weighted by molar-refractivity contribution is 5.89. The van der Waals surface area contributed by atoms with Crippen molar-refractivity contribution in [2.45, 2.75) is 25.7 Å². The van der Waals surface area contributed by atoms with E-state index in [1.165, 1.54) is 19.2 Å². The summed E-state index contributed by atoms with van der Waals surface area (Å²) < 4.78 is 18.0.